The van der Waals surface area contributed by atoms with Crippen LogP contribution >= 0.6 is 31.9 Å². The van der Waals surface area contributed by atoms with Crippen LogP contribution in [0.3, 0.4) is 0 Å². The number of methoxy groups -OCH3 is 1. The third-order valence-electron chi connectivity index (χ3n) is 4.20. The molecule has 1 aromatic heterocycles. The van der Waals surface area contributed by atoms with Crippen LogP contribution < -0.4 is 15.0 Å². The molecule has 0 aliphatic carbocycles. The number of aromatic nitrogens is 2. The van der Waals surface area contributed by atoms with E-state index in [4.69, 9.17) is 14.7 Å². The van der Waals surface area contributed by atoms with Gasteiger partial charge in [-0.05, 0) is 58.2 Å². The molecule has 7 nitrogen and oxygen atoms in total. The largest absolute Gasteiger partial charge is 0.493 e. The Hall–Kier alpha value is -2.70. The van der Waals surface area contributed by atoms with Gasteiger partial charge in [0.25, 0.3) is 5.56 Å². The van der Waals surface area contributed by atoms with Crippen molar-refractivity contribution in [2.24, 2.45) is 5.10 Å². The zero-order valence-electron chi connectivity index (χ0n) is 16.4. The molecule has 0 saturated carbocycles. The third kappa shape index (κ3) is 4.71. The molecule has 0 fully saturated rings. The molecule has 9 heteroatoms. The second kappa shape index (κ2) is 9.87. The summed E-state index contributed by atoms with van der Waals surface area (Å²) in [6, 6.07) is 10.8. The van der Waals surface area contributed by atoms with Gasteiger partial charge >= 0.3 is 0 Å². The minimum atomic E-state index is -0.235. The quantitative estimate of drug-likeness (QED) is 0.412. The van der Waals surface area contributed by atoms with E-state index in [0.29, 0.717) is 44.7 Å². The Balaban J connectivity index is 2.08. The molecular formula is C21H18Br2N4O3. The summed E-state index contributed by atoms with van der Waals surface area (Å²) in [5.41, 5.74) is 1.09. The molecule has 1 heterocycles. The summed E-state index contributed by atoms with van der Waals surface area (Å²) in [4.78, 5) is 17.7. The van der Waals surface area contributed by atoms with E-state index in [1.807, 2.05) is 25.1 Å². The molecule has 0 spiro atoms. The molecule has 0 radical (unpaired) electrons. The van der Waals surface area contributed by atoms with Gasteiger partial charge in [0.15, 0.2) is 18.1 Å². The SMILES string of the molecule is CCCc1nc2ccc(Br)cc2c(=O)n1N=Cc1cc(Br)c(OCC#N)c(OC)c1. The molecule has 0 N–H and O–H groups in total. The van der Waals surface area contributed by atoms with Crippen LogP contribution in [0.5, 0.6) is 11.5 Å². The van der Waals surface area contributed by atoms with E-state index in [9.17, 15) is 4.79 Å². The molecule has 0 atom stereocenters. The highest BCUT2D eigenvalue weighted by molar-refractivity contribution is 9.10. The molecule has 0 aliphatic rings. The van der Waals surface area contributed by atoms with E-state index in [2.05, 4.69) is 41.9 Å². The number of fused-ring (bicyclic) bond motifs is 1. The van der Waals surface area contributed by atoms with Gasteiger partial charge in [0, 0.05) is 10.9 Å². The van der Waals surface area contributed by atoms with Crippen LogP contribution in [0.15, 0.2) is 49.2 Å². The average molecular weight is 534 g/mol. The van der Waals surface area contributed by atoms with Crippen LogP contribution in [0, 0.1) is 11.3 Å². The summed E-state index contributed by atoms with van der Waals surface area (Å²) in [6.07, 6.45) is 3.01. The highest BCUT2D eigenvalue weighted by Crippen LogP contribution is 2.36. The number of hydrogen-bond donors (Lipinski definition) is 0. The number of halogens is 2. The van der Waals surface area contributed by atoms with Gasteiger partial charge in [0.1, 0.15) is 11.9 Å². The number of rotatable bonds is 7. The summed E-state index contributed by atoms with van der Waals surface area (Å²) in [5.74, 6) is 1.47. The fourth-order valence-corrected chi connectivity index (χ4v) is 3.82. The molecule has 0 bridgehead atoms. The van der Waals surface area contributed by atoms with Crippen molar-refractivity contribution in [1.29, 1.82) is 5.26 Å². The smallest absolute Gasteiger partial charge is 0.282 e. The first-order valence-electron chi connectivity index (χ1n) is 9.11. The molecule has 0 aliphatic heterocycles. The summed E-state index contributed by atoms with van der Waals surface area (Å²) < 4.78 is 13.5. The Morgan fingerprint density at radius 3 is 2.80 bits per heavy atom. The highest BCUT2D eigenvalue weighted by Gasteiger charge is 2.13. The lowest BCUT2D eigenvalue weighted by atomic mass is 10.2. The van der Waals surface area contributed by atoms with E-state index >= 15 is 0 Å². The summed E-state index contributed by atoms with van der Waals surface area (Å²) in [7, 11) is 1.51. The van der Waals surface area contributed by atoms with Gasteiger partial charge in [-0.2, -0.15) is 15.0 Å². The van der Waals surface area contributed by atoms with Gasteiger partial charge in [-0.15, -0.1) is 0 Å². The zero-order chi connectivity index (χ0) is 21.7. The fraction of sp³-hybridized carbons (Fsp3) is 0.238. The molecule has 154 valence electrons. The normalized spacial score (nSPS) is 11.0. The predicted octanol–water partition coefficient (Wildman–Crippen LogP) is 4.67. The van der Waals surface area contributed by atoms with Crippen molar-refractivity contribution in [2.45, 2.75) is 19.8 Å². The maximum absolute atomic E-state index is 13.1. The summed E-state index contributed by atoms with van der Waals surface area (Å²) in [6.45, 7) is 1.92. The van der Waals surface area contributed by atoms with Crippen molar-refractivity contribution in [3.05, 3.63) is 61.0 Å². The number of hydrogen-bond acceptors (Lipinski definition) is 6. The summed E-state index contributed by atoms with van der Waals surface area (Å²) >= 11 is 6.83. The molecule has 2 aromatic carbocycles. The van der Waals surface area contributed by atoms with Crippen molar-refractivity contribution < 1.29 is 9.47 Å². The first-order valence-corrected chi connectivity index (χ1v) is 10.7. The van der Waals surface area contributed by atoms with Crippen molar-refractivity contribution in [2.75, 3.05) is 13.7 Å². The van der Waals surface area contributed by atoms with E-state index in [1.165, 1.54) is 11.8 Å². The Labute approximate surface area is 190 Å². The first kappa shape index (κ1) is 22.0. The lowest BCUT2D eigenvalue weighted by Crippen LogP contribution is -2.22. The van der Waals surface area contributed by atoms with E-state index in [0.717, 1.165) is 10.9 Å². The number of benzene rings is 2. The van der Waals surface area contributed by atoms with Crippen LogP contribution in [0.2, 0.25) is 0 Å². The monoisotopic (exact) mass is 532 g/mol. The van der Waals surface area contributed by atoms with Gasteiger partial charge in [-0.3, -0.25) is 4.79 Å². The number of nitrogens with zero attached hydrogens (tertiary/aromatic N) is 4. The Bertz CT molecular complexity index is 1220. The molecule has 3 aromatic rings. The number of aryl methyl sites for hydroxylation is 1. The summed E-state index contributed by atoms with van der Waals surface area (Å²) in [5, 5.41) is 13.6. The van der Waals surface area contributed by atoms with Crippen molar-refractivity contribution >= 4 is 49.0 Å². The average Bonchev–Trinajstić information content (AvgIpc) is 2.73. The van der Waals surface area contributed by atoms with Crippen LogP contribution in [-0.4, -0.2) is 29.6 Å². The molecule has 3 rings (SSSR count). The van der Waals surface area contributed by atoms with Crippen LogP contribution in [0.4, 0.5) is 0 Å². The van der Waals surface area contributed by atoms with Crippen LogP contribution in [-0.2, 0) is 6.42 Å². The molecular weight excluding hydrogens is 516 g/mol. The lowest BCUT2D eigenvalue weighted by molar-refractivity contribution is 0.327. The van der Waals surface area contributed by atoms with Gasteiger partial charge in [-0.1, -0.05) is 22.9 Å². The Morgan fingerprint density at radius 1 is 1.30 bits per heavy atom. The molecule has 30 heavy (non-hydrogen) atoms. The topological polar surface area (TPSA) is 89.5 Å². The maximum atomic E-state index is 13.1. The van der Waals surface area contributed by atoms with E-state index in [1.54, 1.807) is 24.4 Å². The van der Waals surface area contributed by atoms with E-state index in [-0.39, 0.29) is 12.2 Å². The second-order valence-electron chi connectivity index (χ2n) is 6.28. The Kier molecular flexibility index (Phi) is 7.24. The van der Waals surface area contributed by atoms with Crippen LogP contribution in [0.25, 0.3) is 10.9 Å². The van der Waals surface area contributed by atoms with Gasteiger partial charge in [0.05, 0.1) is 28.7 Å². The van der Waals surface area contributed by atoms with Gasteiger partial charge in [-0.25, -0.2) is 4.98 Å². The van der Waals surface area contributed by atoms with Crippen molar-refractivity contribution in [1.82, 2.24) is 9.66 Å². The maximum Gasteiger partial charge on any atom is 0.282 e. The minimum Gasteiger partial charge on any atom is -0.493 e. The fourth-order valence-electron chi connectivity index (χ4n) is 2.88. The predicted molar refractivity (Wildman–Crippen MR) is 122 cm³/mol. The second-order valence-corrected chi connectivity index (χ2v) is 8.05. The standard InChI is InChI=1S/C21H18Br2N4O3/c1-3-4-19-26-17-6-5-14(22)11-15(17)21(28)27(19)25-12-13-9-16(23)20(30-8-7-24)18(10-13)29-2/h5-6,9-12H,3-4,8H2,1-2H3. The van der Waals surface area contributed by atoms with Gasteiger partial charge in [0.2, 0.25) is 0 Å². The Morgan fingerprint density at radius 2 is 2.10 bits per heavy atom. The zero-order valence-corrected chi connectivity index (χ0v) is 19.5. The van der Waals surface area contributed by atoms with E-state index < -0.39 is 0 Å². The van der Waals surface area contributed by atoms with Crippen molar-refractivity contribution in [3.8, 4) is 17.6 Å². The highest BCUT2D eigenvalue weighted by atomic mass is 79.9. The number of ether oxygens (including phenoxy) is 2. The van der Waals surface area contributed by atoms with Crippen molar-refractivity contribution in [3.63, 3.8) is 0 Å². The van der Waals surface area contributed by atoms with Crippen LogP contribution in [0.1, 0.15) is 24.7 Å². The molecule has 0 amide bonds. The lowest BCUT2D eigenvalue weighted by Gasteiger charge is -2.12. The molecule has 0 unspecified atom stereocenters. The minimum absolute atomic E-state index is 0.101. The first-order chi connectivity index (χ1) is 14.5. The number of nitriles is 1. The van der Waals surface area contributed by atoms with Gasteiger partial charge < -0.3 is 9.47 Å². The molecule has 0 saturated heterocycles. The third-order valence-corrected chi connectivity index (χ3v) is 5.29.